The second-order valence-corrected chi connectivity index (χ2v) is 5.52. The normalized spacial score (nSPS) is 16.5. The van der Waals surface area contributed by atoms with E-state index in [1.807, 2.05) is 52.0 Å². The van der Waals surface area contributed by atoms with Gasteiger partial charge in [0.2, 0.25) is 0 Å². The lowest BCUT2D eigenvalue weighted by Crippen LogP contribution is -2.31. The van der Waals surface area contributed by atoms with Crippen molar-refractivity contribution in [3.63, 3.8) is 0 Å². The van der Waals surface area contributed by atoms with Crippen LogP contribution in [0, 0.1) is 0 Å². The Balaban J connectivity index is 0.00000151. The molecule has 0 amide bonds. The van der Waals surface area contributed by atoms with E-state index in [-0.39, 0.29) is 5.78 Å². The van der Waals surface area contributed by atoms with E-state index in [0.717, 1.165) is 16.8 Å². The molecule has 0 radical (unpaired) electrons. The number of rotatable bonds is 4. The molecule has 0 aromatic heterocycles. The van der Waals surface area contributed by atoms with E-state index in [4.69, 9.17) is 4.74 Å². The number of esters is 1. The summed E-state index contributed by atoms with van der Waals surface area (Å²) in [7, 11) is 1.34. The molecule has 4 heteroatoms. The zero-order valence-corrected chi connectivity index (χ0v) is 15.9. The fourth-order valence-electron chi connectivity index (χ4n) is 3.11. The summed E-state index contributed by atoms with van der Waals surface area (Å²) in [5.41, 5.74) is 4.24. The maximum absolute atomic E-state index is 12.4. The number of hydrogen-bond donors (Lipinski definition) is 1. The third-order valence-electron chi connectivity index (χ3n) is 4.07. The highest BCUT2D eigenvalue weighted by Gasteiger charge is 2.36. The molecule has 0 saturated heterocycles. The lowest BCUT2D eigenvalue weighted by Gasteiger charge is -2.31. The molecule has 4 nitrogen and oxygen atoms in total. The average Bonchev–Trinajstić information content (AvgIpc) is 2.61. The molecule has 1 atom stereocenters. The van der Waals surface area contributed by atoms with E-state index in [9.17, 15) is 9.59 Å². The van der Waals surface area contributed by atoms with Crippen molar-refractivity contribution in [2.45, 2.75) is 40.5 Å². The van der Waals surface area contributed by atoms with E-state index in [2.05, 4.69) is 11.9 Å². The number of carbonyl (C=O) groups is 2. The molecule has 2 rings (SSSR count). The van der Waals surface area contributed by atoms with Crippen LogP contribution in [-0.2, 0) is 14.3 Å². The summed E-state index contributed by atoms with van der Waals surface area (Å²) in [5, 5.41) is 3.12. The predicted molar refractivity (Wildman–Crippen MR) is 102 cm³/mol. The fraction of sp³-hybridized carbons (Fsp3) is 0.333. The van der Waals surface area contributed by atoms with Crippen LogP contribution >= 0.6 is 0 Å². The molecule has 1 N–H and O–H groups in total. The van der Waals surface area contributed by atoms with Gasteiger partial charge in [0.1, 0.15) is 0 Å². The van der Waals surface area contributed by atoms with Crippen molar-refractivity contribution in [2.24, 2.45) is 0 Å². The Hall–Kier alpha value is -2.62. The van der Waals surface area contributed by atoms with Crippen LogP contribution < -0.4 is 5.32 Å². The second-order valence-electron chi connectivity index (χ2n) is 5.52. The highest BCUT2D eigenvalue weighted by atomic mass is 16.5. The Kier molecular flexibility index (Phi) is 7.37. The van der Waals surface area contributed by atoms with E-state index < -0.39 is 11.9 Å². The molecular formula is C21H27NO3. The van der Waals surface area contributed by atoms with Gasteiger partial charge in [0.05, 0.1) is 12.7 Å². The number of carbonyl (C=O) groups excluding carboxylic acids is 2. The summed E-state index contributed by atoms with van der Waals surface area (Å²) in [6.07, 6.45) is 1.73. The van der Waals surface area contributed by atoms with E-state index >= 15 is 0 Å². The van der Waals surface area contributed by atoms with Gasteiger partial charge >= 0.3 is 5.97 Å². The molecule has 1 aliphatic heterocycles. The SMILES string of the molecule is C=Cc1ccccc1C1C(C(C)=O)=C(C)NC(C)=C1C(=O)OC.CC. The highest BCUT2D eigenvalue weighted by molar-refractivity contribution is 6.02. The van der Waals surface area contributed by atoms with Gasteiger partial charge in [-0.25, -0.2) is 4.79 Å². The van der Waals surface area contributed by atoms with Crippen LogP contribution in [0.2, 0.25) is 0 Å². The maximum Gasteiger partial charge on any atom is 0.336 e. The van der Waals surface area contributed by atoms with Crippen LogP contribution in [0.25, 0.3) is 6.08 Å². The van der Waals surface area contributed by atoms with Gasteiger partial charge in [0.25, 0.3) is 0 Å². The van der Waals surface area contributed by atoms with Gasteiger partial charge in [-0.2, -0.15) is 0 Å². The van der Waals surface area contributed by atoms with Gasteiger partial charge in [0.15, 0.2) is 5.78 Å². The minimum Gasteiger partial charge on any atom is -0.466 e. The van der Waals surface area contributed by atoms with Gasteiger partial charge < -0.3 is 10.1 Å². The first-order valence-corrected chi connectivity index (χ1v) is 8.41. The number of ether oxygens (including phenoxy) is 1. The zero-order chi connectivity index (χ0) is 19.1. The number of hydrogen-bond acceptors (Lipinski definition) is 4. The zero-order valence-electron chi connectivity index (χ0n) is 15.9. The van der Waals surface area contributed by atoms with Crippen LogP contribution in [0.4, 0.5) is 0 Å². The van der Waals surface area contributed by atoms with Crippen LogP contribution in [0.3, 0.4) is 0 Å². The van der Waals surface area contributed by atoms with Gasteiger partial charge in [-0.1, -0.05) is 50.8 Å². The van der Waals surface area contributed by atoms with Gasteiger partial charge in [0, 0.05) is 22.9 Å². The number of dihydropyridines is 1. The molecule has 0 fully saturated rings. The van der Waals surface area contributed by atoms with E-state index in [0.29, 0.717) is 16.8 Å². The van der Waals surface area contributed by atoms with Crippen LogP contribution in [0.5, 0.6) is 0 Å². The molecule has 0 bridgehead atoms. The maximum atomic E-state index is 12.4. The van der Waals surface area contributed by atoms with E-state index in [1.165, 1.54) is 14.0 Å². The van der Waals surface area contributed by atoms with Gasteiger partial charge in [-0.15, -0.1) is 0 Å². The lowest BCUT2D eigenvalue weighted by atomic mass is 9.77. The quantitative estimate of drug-likeness (QED) is 0.827. The predicted octanol–water partition coefficient (Wildman–Crippen LogP) is 4.35. The molecule has 25 heavy (non-hydrogen) atoms. The molecule has 0 spiro atoms. The molecule has 1 aromatic rings. The minimum absolute atomic E-state index is 0.0761. The Morgan fingerprint density at radius 3 is 2.20 bits per heavy atom. The summed E-state index contributed by atoms with van der Waals surface area (Å²) in [6, 6.07) is 7.63. The van der Waals surface area contributed by atoms with E-state index in [1.54, 1.807) is 6.08 Å². The molecular weight excluding hydrogens is 314 g/mol. The topological polar surface area (TPSA) is 55.4 Å². The molecule has 134 valence electrons. The van der Waals surface area contributed by atoms with Crippen molar-refractivity contribution >= 4 is 17.8 Å². The number of methoxy groups -OCH3 is 1. The summed E-state index contributed by atoms with van der Waals surface area (Å²) in [6.45, 7) is 13.0. The smallest absolute Gasteiger partial charge is 0.336 e. The van der Waals surface area contributed by atoms with Crippen molar-refractivity contribution in [3.8, 4) is 0 Å². The summed E-state index contributed by atoms with van der Waals surface area (Å²) in [5.74, 6) is -0.978. The van der Waals surface area contributed by atoms with Crippen LogP contribution in [0.1, 0.15) is 51.7 Å². The Morgan fingerprint density at radius 2 is 1.68 bits per heavy atom. The van der Waals surface area contributed by atoms with Gasteiger partial charge in [-0.05, 0) is 31.9 Å². The molecule has 1 aromatic carbocycles. The third kappa shape index (κ3) is 4.08. The van der Waals surface area contributed by atoms with Crippen molar-refractivity contribution in [2.75, 3.05) is 7.11 Å². The number of ketones is 1. The number of Topliss-reactive ketones (excluding diaryl/α,β-unsaturated/α-hetero) is 1. The Morgan fingerprint density at radius 1 is 1.12 bits per heavy atom. The molecule has 1 unspecified atom stereocenters. The monoisotopic (exact) mass is 341 g/mol. The molecule has 0 aliphatic carbocycles. The Bertz CT molecular complexity index is 741. The number of benzene rings is 1. The molecule has 1 heterocycles. The number of allylic oxidation sites excluding steroid dienone is 3. The summed E-state index contributed by atoms with van der Waals surface area (Å²) < 4.78 is 4.95. The Labute approximate surface area is 150 Å². The fourth-order valence-corrected chi connectivity index (χ4v) is 3.11. The van der Waals surface area contributed by atoms with Crippen LogP contribution in [0.15, 0.2) is 53.4 Å². The molecule has 0 saturated carbocycles. The van der Waals surface area contributed by atoms with Crippen molar-refractivity contribution in [1.29, 1.82) is 0 Å². The lowest BCUT2D eigenvalue weighted by molar-refractivity contribution is -0.136. The van der Waals surface area contributed by atoms with Crippen molar-refractivity contribution in [3.05, 3.63) is 64.5 Å². The second kappa shape index (κ2) is 9.02. The number of nitrogens with one attached hydrogen (secondary N) is 1. The van der Waals surface area contributed by atoms with Crippen molar-refractivity contribution in [1.82, 2.24) is 5.32 Å². The van der Waals surface area contributed by atoms with Crippen molar-refractivity contribution < 1.29 is 14.3 Å². The first-order valence-electron chi connectivity index (χ1n) is 8.41. The standard InChI is InChI=1S/C19H21NO3.C2H6/c1-6-14-9-7-8-10-15(14)18-16(13(4)21)11(2)20-12(3)17(18)19(22)23-5;1-2/h6-10,18,20H,1H2,2-5H3;1-2H3. The summed E-state index contributed by atoms with van der Waals surface area (Å²) in [4.78, 5) is 24.6. The first-order chi connectivity index (χ1) is 11.9. The summed E-state index contributed by atoms with van der Waals surface area (Å²) >= 11 is 0. The van der Waals surface area contributed by atoms with Crippen LogP contribution in [-0.4, -0.2) is 18.9 Å². The minimum atomic E-state index is -0.463. The molecule has 1 aliphatic rings. The highest BCUT2D eigenvalue weighted by Crippen LogP contribution is 2.40. The first kappa shape index (κ1) is 20.4. The van der Waals surface area contributed by atoms with Gasteiger partial charge in [-0.3, -0.25) is 4.79 Å². The average molecular weight is 341 g/mol. The largest absolute Gasteiger partial charge is 0.466 e. The third-order valence-corrected chi connectivity index (χ3v) is 4.07.